The number of fused-ring (bicyclic) bond motifs is 1. The van der Waals surface area contributed by atoms with Gasteiger partial charge in [-0.25, -0.2) is 17.1 Å². The van der Waals surface area contributed by atoms with Gasteiger partial charge in [0.05, 0.1) is 5.56 Å². The highest BCUT2D eigenvalue weighted by molar-refractivity contribution is 7.90. The lowest BCUT2D eigenvalue weighted by molar-refractivity contribution is -0.140. The van der Waals surface area contributed by atoms with Crippen LogP contribution < -0.4 is 5.32 Å². The lowest BCUT2D eigenvalue weighted by Gasteiger charge is -2.30. The molecule has 0 saturated heterocycles. The van der Waals surface area contributed by atoms with Crippen molar-refractivity contribution in [2.75, 3.05) is 13.1 Å². The minimum absolute atomic E-state index is 0.00263. The van der Waals surface area contributed by atoms with E-state index in [4.69, 9.17) is 0 Å². The average Bonchev–Trinajstić information content (AvgIpc) is 2.94. The molecular weight excluding hydrogens is 425 g/mol. The van der Waals surface area contributed by atoms with E-state index in [1.54, 1.807) is 6.92 Å². The van der Waals surface area contributed by atoms with Crippen LogP contribution in [0.3, 0.4) is 0 Å². The lowest BCUT2D eigenvalue weighted by atomic mass is 10.1. The molecule has 0 bridgehead atoms. The molecule has 2 aromatic carbocycles. The monoisotopic (exact) mass is 447 g/mol. The smallest absolute Gasteiger partial charge is 0.269 e. The zero-order chi connectivity index (χ0) is 22.8. The van der Waals surface area contributed by atoms with Gasteiger partial charge in [-0.1, -0.05) is 24.3 Å². The number of nitrogens with one attached hydrogen (secondary N) is 1. The SMILES string of the molecule is CCNC(=O)[C@H](C)N(Cc1ccc(F)cc1)C(=O)CN1C(=O)c2ccccc2S1(=O)=O. The molecule has 1 aliphatic heterocycles. The molecular formula is C21H22FN3O5S. The van der Waals surface area contributed by atoms with Gasteiger partial charge in [0.2, 0.25) is 11.8 Å². The summed E-state index contributed by atoms with van der Waals surface area (Å²) in [5.41, 5.74) is 0.543. The number of hydrogen-bond acceptors (Lipinski definition) is 5. The Morgan fingerprint density at radius 1 is 1.13 bits per heavy atom. The van der Waals surface area contributed by atoms with Gasteiger partial charge < -0.3 is 10.2 Å². The van der Waals surface area contributed by atoms with Gasteiger partial charge >= 0.3 is 0 Å². The first-order valence-electron chi connectivity index (χ1n) is 9.64. The van der Waals surface area contributed by atoms with Crippen molar-refractivity contribution in [3.05, 3.63) is 65.5 Å². The third-order valence-electron chi connectivity index (χ3n) is 4.98. The summed E-state index contributed by atoms with van der Waals surface area (Å²) >= 11 is 0. The molecule has 0 radical (unpaired) electrons. The summed E-state index contributed by atoms with van der Waals surface area (Å²) in [7, 11) is -4.17. The summed E-state index contributed by atoms with van der Waals surface area (Å²) < 4.78 is 39.3. The van der Waals surface area contributed by atoms with Crippen LogP contribution >= 0.6 is 0 Å². The van der Waals surface area contributed by atoms with Crippen LogP contribution in [0.5, 0.6) is 0 Å². The molecule has 3 amide bonds. The van der Waals surface area contributed by atoms with Gasteiger partial charge in [-0.3, -0.25) is 14.4 Å². The van der Waals surface area contributed by atoms with Crippen LogP contribution in [0.2, 0.25) is 0 Å². The van der Waals surface area contributed by atoms with Gasteiger partial charge in [-0.05, 0) is 43.7 Å². The fourth-order valence-corrected chi connectivity index (χ4v) is 4.81. The number of sulfonamides is 1. The first-order valence-corrected chi connectivity index (χ1v) is 11.1. The molecule has 3 rings (SSSR count). The second-order valence-electron chi connectivity index (χ2n) is 7.03. The number of halogens is 1. The number of benzene rings is 2. The molecule has 8 nitrogen and oxygen atoms in total. The molecule has 0 saturated carbocycles. The van der Waals surface area contributed by atoms with Crippen LogP contribution in [0.1, 0.15) is 29.8 Å². The number of rotatable bonds is 7. The van der Waals surface area contributed by atoms with Crippen molar-refractivity contribution < 1.29 is 27.2 Å². The maximum absolute atomic E-state index is 13.2. The van der Waals surface area contributed by atoms with Gasteiger partial charge in [0, 0.05) is 13.1 Å². The van der Waals surface area contributed by atoms with Crippen LogP contribution in [0.15, 0.2) is 53.4 Å². The van der Waals surface area contributed by atoms with E-state index in [0.717, 1.165) is 0 Å². The van der Waals surface area contributed by atoms with Crippen molar-refractivity contribution in [3.8, 4) is 0 Å². The fourth-order valence-electron chi connectivity index (χ4n) is 3.29. The van der Waals surface area contributed by atoms with E-state index in [1.807, 2.05) is 0 Å². The summed E-state index contributed by atoms with van der Waals surface area (Å²) in [6, 6.07) is 10.2. The standard InChI is InChI=1S/C21H22FN3O5S/c1-3-23-20(27)14(2)24(12-15-8-10-16(22)11-9-15)19(26)13-25-21(28)17-6-4-5-7-18(17)31(25,29)30/h4-11,14H,3,12-13H2,1-2H3,(H,23,27)/t14-/m0/s1. The number of likely N-dealkylation sites (N-methyl/N-ethyl adjacent to an activating group) is 1. The maximum Gasteiger partial charge on any atom is 0.269 e. The summed E-state index contributed by atoms with van der Waals surface area (Å²) in [6.07, 6.45) is 0. The van der Waals surface area contributed by atoms with E-state index in [0.29, 0.717) is 16.4 Å². The molecule has 0 aliphatic carbocycles. The minimum atomic E-state index is -4.17. The Bertz CT molecular complexity index is 1120. The molecule has 10 heteroatoms. The highest BCUT2D eigenvalue weighted by atomic mass is 32.2. The molecule has 1 N–H and O–H groups in total. The molecule has 1 heterocycles. The summed E-state index contributed by atoms with van der Waals surface area (Å²) in [5.74, 6) is -2.41. The first-order chi connectivity index (χ1) is 14.7. The third kappa shape index (κ3) is 4.43. The molecule has 0 spiro atoms. The molecule has 0 unspecified atom stereocenters. The van der Waals surface area contributed by atoms with E-state index in [9.17, 15) is 27.2 Å². The Hall–Kier alpha value is -3.27. The van der Waals surface area contributed by atoms with Crippen molar-refractivity contribution in [1.29, 1.82) is 0 Å². The highest BCUT2D eigenvalue weighted by Gasteiger charge is 2.43. The topological polar surface area (TPSA) is 104 Å². The molecule has 164 valence electrons. The lowest BCUT2D eigenvalue weighted by Crippen LogP contribution is -2.51. The second kappa shape index (κ2) is 8.84. The number of carbonyl (C=O) groups is 3. The van der Waals surface area contributed by atoms with Gasteiger partial charge in [0.25, 0.3) is 15.9 Å². The minimum Gasteiger partial charge on any atom is -0.355 e. The summed E-state index contributed by atoms with van der Waals surface area (Å²) in [6.45, 7) is 2.76. The van der Waals surface area contributed by atoms with E-state index >= 15 is 0 Å². The van der Waals surface area contributed by atoms with Crippen molar-refractivity contribution >= 4 is 27.7 Å². The van der Waals surface area contributed by atoms with Crippen molar-refractivity contribution in [3.63, 3.8) is 0 Å². The zero-order valence-corrected chi connectivity index (χ0v) is 17.9. The van der Waals surface area contributed by atoms with Crippen LogP contribution in [-0.4, -0.2) is 54.5 Å². The second-order valence-corrected chi connectivity index (χ2v) is 8.86. The Kier molecular flexibility index (Phi) is 6.40. The Morgan fingerprint density at radius 2 is 1.77 bits per heavy atom. The average molecular weight is 447 g/mol. The molecule has 0 aromatic heterocycles. The maximum atomic E-state index is 13.2. The summed E-state index contributed by atoms with van der Waals surface area (Å²) in [5, 5.41) is 2.62. The predicted molar refractivity (Wildman–Crippen MR) is 110 cm³/mol. The van der Waals surface area contributed by atoms with Crippen LogP contribution in [0, 0.1) is 5.82 Å². The fraction of sp³-hybridized carbons (Fsp3) is 0.286. The Labute approximate surface area is 179 Å². The largest absolute Gasteiger partial charge is 0.355 e. The van der Waals surface area contributed by atoms with Crippen molar-refractivity contribution in [2.45, 2.75) is 31.3 Å². The van der Waals surface area contributed by atoms with E-state index in [1.165, 1.54) is 60.4 Å². The zero-order valence-electron chi connectivity index (χ0n) is 17.0. The first kappa shape index (κ1) is 22.4. The van der Waals surface area contributed by atoms with Gasteiger partial charge in [-0.15, -0.1) is 0 Å². The Morgan fingerprint density at radius 3 is 2.39 bits per heavy atom. The number of amides is 3. The van der Waals surface area contributed by atoms with Crippen molar-refractivity contribution in [2.24, 2.45) is 0 Å². The number of nitrogens with zero attached hydrogens (tertiary/aromatic N) is 2. The third-order valence-corrected chi connectivity index (χ3v) is 6.76. The number of hydrogen-bond donors (Lipinski definition) is 1. The quantitative estimate of drug-likeness (QED) is 0.693. The van der Waals surface area contributed by atoms with Crippen LogP contribution in [0.25, 0.3) is 0 Å². The summed E-state index contributed by atoms with van der Waals surface area (Å²) in [4.78, 5) is 39.1. The molecule has 0 fully saturated rings. The van der Waals surface area contributed by atoms with Crippen LogP contribution in [0.4, 0.5) is 4.39 Å². The Balaban J connectivity index is 1.88. The van der Waals surface area contributed by atoms with Gasteiger partial charge in [-0.2, -0.15) is 0 Å². The normalized spacial score (nSPS) is 15.3. The molecule has 31 heavy (non-hydrogen) atoms. The molecule has 1 atom stereocenters. The van der Waals surface area contributed by atoms with Crippen LogP contribution in [-0.2, 0) is 26.2 Å². The van der Waals surface area contributed by atoms with Gasteiger partial charge in [0.15, 0.2) is 0 Å². The predicted octanol–water partition coefficient (Wildman–Crippen LogP) is 1.52. The highest BCUT2D eigenvalue weighted by Crippen LogP contribution is 2.30. The van der Waals surface area contributed by atoms with E-state index in [2.05, 4.69) is 5.32 Å². The number of carbonyl (C=O) groups excluding carboxylic acids is 3. The molecule has 2 aromatic rings. The molecule has 1 aliphatic rings. The van der Waals surface area contributed by atoms with Gasteiger partial charge in [0.1, 0.15) is 23.3 Å². The van der Waals surface area contributed by atoms with E-state index < -0.39 is 46.1 Å². The van der Waals surface area contributed by atoms with Crippen molar-refractivity contribution in [1.82, 2.24) is 14.5 Å². The van der Waals surface area contributed by atoms with E-state index in [-0.39, 0.29) is 17.0 Å².